The van der Waals surface area contributed by atoms with Crippen molar-refractivity contribution < 1.29 is 17.9 Å². The van der Waals surface area contributed by atoms with Crippen molar-refractivity contribution in [2.75, 3.05) is 37.5 Å². The second-order valence-corrected chi connectivity index (χ2v) is 10.8. The van der Waals surface area contributed by atoms with E-state index in [1.165, 1.54) is 0 Å². The van der Waals surface area contributed by atoms with Crippen molar-refractivity contribution in [3.05, 3.63) is 29.6 Å². The highest BCUT2D eigenvalue weighted by molar-refractivity contribution is 7.92. The molecule has 2 saturated heterocycles. The van der Waals surface area contributed by atoms with Crippen molar-refractivity contribution in [1.82, 2.24) is 15.0 Å². The lowest BCUT2D eigenvalue weighted by Crippen LogP contribution is -2.44. The Labute approximate surface area is 177 Å². The highest BCUT2D eigenvalue weighted by Gasteiger charge is 2.46. The number of sulfone groups is 1. The molecule has 0 amide bonds. The molecule has 0 N–H and O–H groups in total. The summed E-state index contributed by atoms with van der Waals surface area (Å²) in [5, 5.41) is 0. The Bertz CT molecular complexity index is 1060. The van der Waals surface area contributed by atoms with Gasteiger partial charge < -0.3 is 14.4 Å². The number of pyridine rings is 1. The van der Waals surface area contributed by atoms with E-state index in [0.29, 0.717) is 50.0 Å². The number of aromatic nitrogens is 3. The summed E-state index contributed by atoms with van der Waals surface area (Å²) in [6.07, 6.45) is 1.20. The zero-order valence-electron chi connectivity index (χ0n) is 17.9. The highest BCUT2D eigenvalue weighted by Crippen LogP contribution is 2.42. The molecule has 0 spiro atoms. The van der Waals surface area contributed by atoms with Crippen molar-refractivity contribution in [2.45, 2.75) is 44.4 Å². The van der Waals surface area contributed by atoms with Crippen molar-refractivity contribution in [3.63, 3.8) is 0 Å². The predicted octanol–water partition coefficient (Wildman–Crippen LogP) is 2.50. The minimum absolute atomic E-state index is 0.135. The van der Waals surface area contributed by atoms with Crippen LogP contribution in [-0.4, -0.2) is 62.0 Å². The third kappa shape index (κ3) is 3.65. The number of nitrogens with zero attached hydrogens (tertiary/aromatic N) is 4. The summed E-state index contributed by atoms with van der Waals surface area (Å²) >= 11 is 0. The van der Waals surface area contributed by atoms with Gasteiger partial charge in [-0.05, 0) is 39.7 Å². The molecule has 2 atom stereocenters. The molecule has 4 heterocycles. The first-order chi connectivity index (χ1) is 14.2. The largest absolute Gasteiger partial charge is 0.481 e. The second-order valence-electron chi connectivity index (χ2n) is 8.25. The van der Waals surface area contributed by atoms with Crippen LogP contribution in [0, 0.1) is 6.92 Å². The van der Waals surface area contributed by atoms with Gasteiger partial charge in [0.1, 0.15) is 10.6 Å². The molecule has 0 radical (unpaired) electrons. The number of hydrogen-bond donors (Lipinski definition) is 0. The van der Waals surface area contributed by atoms with Crippen LogP contribution in [0.2, 0.25) is 0 Å². The Balaban J connectivity index is 1.90. The molecule has 2 fully saturated rings. The van der Waals surface area contributed by atoms with Crippen LogP contribution < -0.4 is 9.64 Å². The number of methoxy groups -OCH3 is 1. The van der Waals surface area contributed by atoms with Gasteiger partial charge in [0.2, 0.25) is 5.88 Å². The average Bonchev–Trinajstić information content (AvgIpc) is 3.01. The molecule has 8 nitrogen and oxygen atoms in total. The zero-order chi connectivity index (χ0) is 21.5. The summed E-state index contributed by atoms with van der Waals surface area (Å²) < 4.78 is 35.7. The van der Waals surface area contributed by atoms with E-state index in [-0.39, 0.29) is 11.8 Å². The molecule has 4 rings (SSSR count). The lowest BCUT2D eigenvalue weighted by molar-refractivity contribution is 0.0985. The Morgan fingerprint density at radius 3 is 2.70 bits per heavy atom. The SMILES string of the molecule is COc1cc(-c2nc(N3CCOC[C@H]3C)cc(C3(C)CCCS3(=O)=O)n2)cc(C)n1. The van der Waals surface area contributed by atoms with Gasteiger partial charge in [-0.2, -0.15) is 0 Å². The van der Waals surface area contributed by atoms with E-state index in [0.717, 1.165) is 17.1 Å². The maximum Gasteiger partial charge on any atom is 0.213 e. The first kappa shape index (κ1) is 21.0. The van der Waals surface area contributed by atoms with Gasteiger partial charge in [-0.1, -0.05) is 0 Å². The van der Waals surface area contributed by atoms with Gasteiger partial charge in [-0.25, -0.2) is 23.4 Å². The Kier molecular flexibility index (Phi) is 5.44. The minimum atomic E-state index is -3.29. The standard InChI is InChI=1S/C21H28N4O4S/c1-14-10-16(11-19(22-14)28-4)20-23-17(21(3)6-5-9-30(21,26)27)12-18(24-20)25-7-8-29-13-15(25)2/h10-12,15H,5-9,13H2,1-4H3/t15-,21?/m1/s1. The summed E-state index contributed by atoms with van der Waals surface area (Å²) in [7, 11) is -1.73. The van der Waals surface area contributed by atoms with Crippen LogP contribution in [0.15, 0.2) is 18.2 Å². The number of morpholine rings is 1. The van der Waals surface area contributed by atoms with E-state index in [1.54, 1.807) is 20.1 Å². The van der Waals surface area contributed by atoms with Gasteiger partial charge in [0.25, 0.3) is 0 Å². The molecule has 2 aromatic heterocycles. The average molecular weight is 433 g/mol. The van der Waals surface area contributed by atoms with Crippen LogP contribution in [0.25, 0.3) is 11.4 Å². The van der Waals surface area contributed by atoms with Crippen molar-refractivity contribution in [3.8, 4) is 17.3 Å². The van der Waals surface area contributed by atoms with Gasteiger partial charge in [-0.3, -0.25) is 0 Å². The molecule has 2 aliphatic heterocycles. The lowest BCUT2D eigenvalue weighted by Gasteiger charge is -2.35. The molecule has 2 aromatic rings. The summed E-state index contributed by atoms with van der Waals surface area (Å²) in [5.74, 6) is 1.87. The summed E-state index contributed by atoms with van der Waals surface area (Å²) in [4.78, 5) is 16.1. The molecule has 0 aliphatic carbocycles. The van der Waals surface area contributed by atoms with E-state index in [9.17, 15) is 8.42 Å². The van der Waals surface area contributed by atoms with E-state index in [2.05, 4.69) is 16.8 Å². The van der Waals surface area contributed by atoms with E-state index < -0.39 is 14.6 Å². The lowest BCUT2D eigenvalue weighted by atomic mass is 10.0. The van der Waals surface area contributed by atoms with Gasteiger partial charge in [0.15, 0.2) is 15.7 Å². The number of rotatable bonds is 4. The quantitative estimate of drug-likeness (QED) is 0.727. The van der Waals surface area contributed by atoms with Crippen molar-refractivity contribution >= 4 is 15.7 Å². The second kappa shape index (κ2) is 7.77. The van der Waals surface area contributed by atoms with Gasteiger partial charge >= 0.3 is 0 Å². The molecule has 162 valence electrons. The van der Waals surface area contributed by atoms with Crippen LogP contribution in [0.3, 0.4) is 0 Å². The Morgan fingerprint density at radius 2 is 2.03 bits per heavy atom. The van der Waals surface area contributed by atoms with Gasteiger partial charge in [-0.15, -0.1) is 0 Å². The van der Waals surface area contributed by atoms with Gasteiger partial charge in [0.05, 0.1) is 37.8 Å². The first-order valence-corrected chi connectivity index (χ1v) is 11.9. The monoisotopic (exact) mass is 432 g/mol. The normalized spacial score (nSPS) is 26.0. The van der Waals surface area contributed by atoms with Crippen LogP contribution in [0.4, 0.5) is 5.82 Å². The van der Waals surface area contributed by atoms with Crippen LogP contribution >= 0.6 is 0 Å². The molecule has 0 saturated carbocycles. The van der Waals surface area contributed by atoms with E-state index in [1.807, 2.05) is 19.1 Å². The fourth-order valence-corrected chi connectivity index (χ4v) is 6.04. The van der Waals surface area contributed by atoms with E-state index >= 15 is 0 Å². The molecular formula is C21H28N4O4S. The molecule has 0 bridgehead atoms. The van der Waals surface area contributed by atoms with Crippen LogP contribution in [0.1, 0.15) is 38.1 Å². The fourth-order valence-electron chi connectivity index (χ4n) is 4.19. The molecule has 1 unspecified atom stereocenters. The summed E-state index contributed by atoms with van der Waals surface area (Å²) in [6, 6.07) is 5.65. The predicted molar refractivity (Wildman–Crippen MR) is 115 cm³/mol. The van der Waals surface area contributed by atoms with E-state index in [4.69, 9.17) is 19.4 Å². The Hall–Kier alpha value is -2.26. The molecule has 9 heteroatoms. The van der Waals surface area contributed by atoms with Crippen LogP contribution in [-0.2, 0) is 19.3 Å². The number of ether oxygens (including phenoxy) is 2. The maximum atomic E-state index is 12.9. The van der Waals surface area contributed by atoms with Crippen LogP contribution in [0.5, 0.6) is 5.88 Å². The maximum absolute atomic E-state index is 12.9. The topological polar surface area (TPSA) is 94.5 Å². The molecule has 0 aromatic carbocycles. The van der Waals surface area contributed by atoms with Crippen molar-refractivity contribution in [2.24, 2.45) is 0 Å². The van der Waals surface area contributed by atoms with Crippen molar-refractivity contribution in [1.29, 1.82) is 0 Å². The smallest absolute Gasteiger partial charge is 0.213 e. The molecular weight excluding hydrogens is 404 g/mol. The minimum Gasteiger partial charge on any atom is -0.481 e. The molecule has 30 heavy (non-hydrogen) atoms. The summed E-state index contributed by atoms with van der Waals surface area (Å²) in [5.41, 5.74) is 2.08. The molecule has 2 aliphatic rings. The number of hydrogen-bond acceptors (Lipinski definition) is 8. The first-order valence-electron chi connectivity index (χ1n) is 10.2. The number of anilines is 1. The third-order valence-electron chi connectivity index (χ3n) is 6.07. The number of aryl methyl sites for hydroxylation is 1. The summed E-state index contributed by atoms with van der Waals surface area (Å²) in [6.45, 7) is 7.65. The Morgan fingerprint density at radius 1 is 1.23 bits per heavy atom. The highest BCUT2D eigenvalue weighted by atomic mass is 32.2. The fraction of sp³-hybridized carbons (Fsp3) is 0.571. The van der Waals surface area contributed by atoms with Gasteiger partial charge in [0, 0.05) is 29.9 Å². The third-order valence-corrected chi connectivity index (χ3v) is 8.68. The zero-order valence-corrected chi connectivity index (χ0v) is 18.7.